The van der Waals surface area contributed by atoms with Gasteiger partial charge in [-0.05, 0) is 92.3 Å². The van der Waals surface area contributed by atoms with Crippen LogP contribution in [0.1, 0.15) is 78.3 Å². The van der Waals surface area contributed by atoms with Crippen LogP contribution in [0.5, 0.6) is 0 Å². The summed E-state index contributed by atoms with van der Waals surface area (Å²) in [5, 5.41) is 10.2. The summed E-state index contributed by atoms with van der Waals surface area (Å²) in [6, 6.07) is 16.5. The average molecular weight is 700 g/mol. The van der Waals surface area contributed by atoms with E-state index in [0.29, 0.717) is 18.5 Å². The van der Waals surface area contributed by atoms with Gasteiger partial charge in [-0.2, -0.15) is 5.10 Å². The predicted octanol–water partition coefficient (Wildman–Crippen LogP) is 4.38. The SMILES string of the molecule is CN1CC(Nc2cnn(C)c(=O)c2Cl)CC(c2ccc(C(=O)N3CCC4(CC3)CCN(c3cccc(C5CCC(=O)NC5=O)c3)CC4)cc2)C1. The number of aromatic nitrogens is 2. The molecule has 3 atom stereocenters. The van der Waals surface area contributed by atoms with Crippen LogP contribution in [0.4, 0.5) is 11.4 Å². The van der Waals surface area contributed by atoms with E-state index in [0.717, 1.165) is 88.2 Å². The van der Waals surface area contributed by atoms with Crippen molar-refractivity contribution in [3.63, 3.8) is 0 Å². The van der Waals surface area contributed by atoms with Gasteiger partial charge in [0, 0.05) is 70.0 Å². The van der Waals surface area contributed by atoms with Crippen LogP contribution < -0.4 is 21.1 Å². The van der Waals surface area contributed by atoms with Crippen molar-refractivity contribution in [3.05, 3.63) is 86.8 Å². The number of carbonyl (C=O) groups is 3. The van der Waals surface area contributed by atoms with Gasteiger partial charge >= 0.3 is 0 Å². The van der Waals surface area contributed by atoms with Crippen molar-refractivity contribution >= 4 is 40.7 Å². The second-order valence-corrected chi connectivity index (χ2v) is 15.2. The summed E-state index contributed by atoms with van der Waals surface area (Å²) in [4.78, 5) is 56.6. The first-order valence-corrected chi connectivity index (χ1v) is 18.2. The fraction of sp³-hybridized carbons (Fsp3) is 0.500. The van der Waals surface area contributed by atoms with Gasteiger partial charge in [0.15, 0.2) is 0 Å². The quantitative estimate of drug-likeness (QED) is 0.364. The maximum atomic E-state index is 13.6. The minimum atomic E-state index is -0.321. The van der Waals surface area contributed by atoms with E-state index in [1.54, 1.807) is 13.2 Å². The predicted molar refractivity (Wildman–Crippen MR) is 194 cm³/mol. The summed E-state index contributed by atoms with van der Waals surface area (Å²) >= 11 is 6.32. The lowest BCUT2D eigenvalue weighted by Gasteiger charge is -2.47. The number of likely N-dealkylation sites (N-methyl/N-ethyl adjacent to an activating group) is 1. The highest BCUT2D eigenvalue weighted by Gasteiger charge is 2.39. The van der Waals surface area contributed by atoms with Gasteiger partial charge in [0.1, 0.15) is 5.02 Å². The first-order valence-electron chi connectivity index (χ1n) is 17.8. The molecule has 0 saturated carbocycles. The molecule has 50 heavy (non-hydrogen) atoms. The van der Waals surface area contributed by atoms with Crippen LogP contribution in [0, 0.1) is 5.41 Å². The second-order valence-electron chi connectivity index (χ2n) is 14.8. The number of imide groups is 1. The molecular formula is C38H46ClN7O4. The van der Waals surface area contributed by atoms with Crippen LogP contribution >= 0.6 is 11.6 Å². The number of benzene rings is 2. The van der Waals surface area contributed by atoms with E-state index in [1.165, 1.54) is 10.2 Å². The minimum absolute atomic E-state index is 0.0991. The number of likely N-dealkylation sites (tertiary alicyclic amines) is 2. The van der Waals surface area contributed by atoms with Crippen LogP contribution in [0.2, 0.25) is 5.02 Å². The number of hydrogen-bond donors (Lipinski definition) is 2. The zero-order valence-corrected chi connectivity index (χ0v) is 29.6. The number of piperidine rings is 4. The molecular weight excluding hydrogens is 654 g/mol. The van der Waals surface area contributed by atoms with Crippen molar-refractivity contribution in [2.75, 3.05) is 56.5 Å². The number of halogens is 1. The molecule has 7 rings (SSSR count). The Morgan fingerprint density at radius 3 is 2.38 bits per heavy atom. The Morgan fingerprint density at radius 2 is 1.66 bits per heavy atom. The number of hydrogen-bond acceptors (Lipinski definition) is 8. The zero-order chi connectivity index (χ0) is 35.0. The zero-order valence-electron chi connectivity index (χ0n) is 28.9. The van der Waals surface area contributed by atoms with Crippen LogP contribution in [0.15, 0.2) is 59.5 Å². The Bertz CT molecular complexity index is 1810. The molecule has 3 amide bonds. The molecule has 5 heterocycles. The molecule has 4 saturated heterocycles. The van der Waals surface area contributed by atoms with Crippen molar-refractivity contribution in [1.82, 2.24) is 24.9 Å². The number of amides is 3. The maximum Gasteiger partial charge on any atom is 0.287 e. The van der Waals surface area contributed by atoms with Gasteiger partial charge in [-0.1, -0.05) is 35.9 Å². The molecule has 0 bridgehead atoms. The molecule has 2 aromatic carbocycles. The van der Waals surface area contributed by atoms with Crippen molar-refractivity contribution in [2.45, 2.75) is 62.8 Å². The van der Waals surface area contributed by atoms with Crippen molar-refractivity contribution in [3.8, 4) is 0 Å². The molecule has 11 nitrogen and oxygen atoms in total. The van der Waals surface area contributed by atoms with E-state index >= 15 is 0 Å². The Morgan fingerprint density at radius 1 is 0.940 bits per heavy atom. The first-order chi connectivity index (χ1) is 24.1. The summed E-state index contributed by atoms with van der Waals surface area (Å²) in [6.45, 7) is 5.18. The van der Waals surface area contributed by atoms with Gasteiger partial charge in [-0.15, -0.1) is 0 Å². The third-order valence-corrected chi connectivity index (χ3v) is 11.9. The molecule has 0 radical (unpaired) electrons. The number of aryl methyl sites for hydroxylation is 1. The molecule has 4 fully saturated rings. The molecule has 1 aromatic heterocycles. The van der Waals surface area contributed by atoms with E-state index < -0.39 is 0 Å². The summed E-state index contributed by atoms with van der Waals surface area (Å²) < 4.78 is 1.23. The van der Waals surface area contributed by atoms with Crippen molar-refractivity contribution < 1.29 is 14.4 Å². The van der Waals surface area contributed by atoms with Gasteiger partial charge in [0.25, 0.3) is 11.5 Å². The number of rotatable bonds is 6. The smallest absolute Gasteiger partial charge is 0.287 e. The highest BCUT2D eigenvalue weighted by molar-refractivity contribution is 6.32. The summed E-state index contributed by atoms with van der Waals surface area (Å²) in [5.74, 6) is -0.292. The largest absolute Gasteiger partial charge is 0.378 e. The van der Waals surface area contributed by atoms with Crippen molar-refractivity contribution in [2.24, 2.45) is 12.5 Å². The molecule has 3 aromatic rings. The third kappa shape index (κ3) is 7.16. The van der Waals surface area contributed by atoms with Gasteiger partial charge in [0.2, 0.25) is 11.8 Å². The normalized spacial score (nSPS) is 24.3. The van der Waals surface area contributed by atoms with Gasteiger partial charge in [0.05, 0.1) is 17.8 Å². The number of nitrogens with one attached hydrogen (secondary N) is 2. The molecule has 0 aliphatic carbocycles. The lowest BCUT2D eigenvalue weighted by atomic mass is 9.71. The number of nitrogens with zero attached hydrogens (tertiary/aromatic N) is 5. The van der Waals surface area contributed by atoms with E-state index in [2.05, 4.69) is 56.8 Å². The van der Waals surface area contributed by atoms with Crippen LogP contribution in [-0.4, -0.2) is 89.7 Å². The maximum absolute atomic E-state index is 13.6. The first kappa shape index (κ1) is 34.2. The second kappa shape index (κ2) is 14.2. The lowest BCUT2D eigenvalue weighted by molar-refractivity contribution is -0.134. The van der Waals surface area contributed by atoms with E-state index in [-0.39, 0.29) is 51.6 Å². The van der Waals surface area contributed by atoms with Crippen LogP contribution in [-0.2, 0) is 16.6 Å². The van der Waals surface area contributed by atoms with E-state index in [9.17, 15) is 19.2 Å². The average Bonchev–Trinajstić information content (AvgIpc) is 3.12. The Labute approximate surface area is 297 Å². The highest BCUT2D eigenvalue weighted by atomic mass is 35.5. The fourth-order valence-electron chi connectivity index (χ4n) is 8.45. The third-order valence-electron chi connectivity index (χ3n) is 11.5. The van der Waals surface area contributed by atoms with Crippen molar-refractivity contribution in [1.29, 1.82) is 0 Å². The minimum Gasteiger partial charge on any atom is -0.378 e. The number of anilines is 2. The molecule has 264 valence electrons. The fourth-order valence-corrected chi connectivity index (χ4v) is 8.68. The summed E-state index contributed by atoms with van der Waals surface area (Å²) in [5.41, 5.74) is 4.52. The molecule has 4 aliphatic heterocycles. The highest BCUT2D eigenvalue weighted by Crippen LogP contribution is 2.43. The lowest BCUT2D eigenvalue weighted by Crippen LogP contribution is -2.48. The van der Waals surface area contributed by atoms with E-state index in [4.69, 9.17) is 11.6 Å². The Hall–Kier alpha value is -4.22. The van der Waals surface area contributed by atoms with E-state index in [1.807, 2.05) is 29.2 Å². The van der Waals surface area contributed by atoms with Gasteiger partial charge < -0.3 is 20.0 Å². The topological polar surface area (TPSA) is 120 Å². The molecule has 2 N–H and O–H groups in total. The van der Waals surface area contributed by atoms with Crippen LogP contribution in [0.25, 0.3) is 0 Å². The van der Waals surface area contributed by atoms with Gasteiger partial charge in [-0.3, -0.25) is 24.5 Å². The summed E-state index contributed by atoms with van der Waals surface area (Å²) in [6.07, 6.45) is 7.61. The number of carbonyl (C=O) groups excluding carboxylic acids is 3. The Balaban J connectivity index is 0.916. The molecule has 3 unspecified atom stereocenters. The molecule has 12 heteroatoms. The molecule has 4 aliphatic rings. The summed E-state index contributed by atoms with van der Waals surface area (Å²) in [7, 11) is 3.68. The Kier molecular flexibility index (Phi) is 9.72. The standard InChI is InChI=1S/C38H46ClN7O4/c1-43-23-28(20-29(24-43)41-32-22-40-44(2)37(50)34(32)39)25-6-8-26(9-7-25)36(49)46-18-14-38(15-19-46)12-16-45(17-13-38)30-5-3-4-27(21-30)31-10-11-33(47)42-35(31)48/h3-9,21-22,28-29,31,41H,10-20,23-24H2,1-2H3,(H,42,47,48). The van der Waals surface area contributed by atoms with Gasteiger partial charge in [-0.25, -0.2) is 4.68 Å². The molecule has 1 spiro atoms. The monoisotopic (exact) mass is 699 g/mol. The van der Waals surface area contributed by atoms with Crippen LogP contribution in [0.3, 0.4) is 0 Å².